The molecule has 0 aliphatic heterocycles. The van der Waals surface area contributed by atoms with Crippen LogP contribution in [-0.4, -0.2) is 4.57 Å². The molecule has 6 aromatic carbocycles. The Kier molecular flexibility index (Phi) is 5.19. The summed E-state index contributed by atoms with van der Waals surface area (Å²) in [5.74, 6) is 0. The largest absolute Gasteiger partial charge is 0.309 e. The van der Waals surface area contributed by atoms with Crippen molar-refractivity contribution in [1.29, 1.82) is 0 Å². The highest BCUT2D eigenvalue weighted by Crippen LogP contribution is 2.37. The number of hydrogen-bond acceptors (Lipinski definition) is 0. The maximum Gasteiger partial charge on any atom is 0.0541 e. The summed E-state index contributed by atoms with van der Waals surface area (Å²) in [4.78, 5) is 0. The molecule has 0 unspecified atom stereocenters. The van der Waals surface area contributed by atoms with E-state index in [1.807, 2.05) is 0 Å². The lowest BCUT2D eigenvalue weighted by Crippen LogP contribution is -1.94. The van der Waals surface area contributed by atoms with Crippen molar-refractivity contribution in [3.63, 3.8) is 0 Å². The minimum absolute atomic E-state index is 1.17. The van der Waals surface area contributed by atoms with Gasteiger partial charge in [0, 0.05) is 16.5 Å². The second-order valence-electron chi connectivity index (χ2n) is 9.44. The van der Waals surface area contributed by atoms with Crippen LogP contribution in [0.3, 0.4) is 0 Å². The summed E-state index contributed by atoms with van der Waals surface area (Å²) in [5, 5.41) is 2.53. The molecule has 0 saturated heterocycles. The van der Waals surface area contributed by atoms with Crippen LogP contribution in [0.15, 0.2) is 152 Å². The fourth-order valence-corrected chi connectivity index (χ4v) is 5.36. The molecule has 0 bridgehead atoms. The van der Waals surface area contributed by atoms with E-state index < -0.39 is 0 Å². The van der Waals surface area contributed by atoms with E-state index in [-0.39, 0.29) is 0 Å². The van der Waals surface area contributed by atoms with Crippen LogP contribution >= 0.6 is 0 Å². The number of rotatable bonds is 4. The Morgan fingerprint density at radius 1 is 0.297 bits per heavy atom. The molecule has 174 valence electrons. The van der Waals surface area contributed by atoms with E-state index in [4.69, 9.17) is 0 Å². The minimum Gasteiger partial charge on any atom is -0.309 e. The standard InChI is InChI=1S/C36H25N/c1-4-10-26(11-5-1)29-16-20-32(21-17-29)37-35-22-18-30(27-12-6-2-7-13-27)24-33(35)34-25-31(19-23-36(34)37)28-14-8-3-9-15-28/h1-25H. The van der Waals surface area contributed by atoms with Gasteiger partial charge in [0.2, 0.25) is 0 Å². The van der Waals surface area contributed by atoms with Gasteiger partial charge in [-0.1, -0.05) is 115 Å². The Bertz CT molecular complexity index is 1730. The highest BCUT2D eigenvalue weighted by molar-refractivity contribution is 6.11. The van der Waals surface area contributed by atoms with Crippen molar-refractivity contribution in [3.05, 3.63) is 152 Å². The Balaban J connectivity index is 1.45. The number of nitrogens with zero attached hydrogens (tertiary/aromatic N) is 1. The molecule has 1 aromatic heterocycles. The first kappa shape index (κ1) is 21.4. The summed E-state index contributed by atoms with van der Waals surface area (Å²) in [6.45, 7) is 0. The molecule has 7 rings (SSSR count). The van der Waals surface area contributed by atoms with Crippen LogP contribution in [-0.2, 0) is 0 Å². The Hall–Kier alpha value is -4.88. The minimum atomic E-state index is 1.17. The van der Waals surface area contributed by atoms with Crippen LogP contribution in [0.4, 0.5) is 0 Å². The smallest absolute Gasteiger partial charge is 0.0541 e. The first-order chi connectivity index (χ1) is 18.3. The summed E-state index contributed by atoms with van der Waals surface area (Å²) in [7, 11) is 0. The topological polar surface area (TPSA) is 4.93 Å². The van der Waals surface area contributed by atoms with E-state index in [0.717, 1.165) is 0 Å². The van der Waals surface area contributed by atoms with Gasteiger partial charge in [0.1, 0.15) is 0 Å². The molecule has 37 heavy (non-hydrogen) atoms. The molecule has 0 atom stereocenters. The van der Waals surface area contributed by atoms with E-state index in [0.29, 0.717) is 0 Å². The van der Waals surface area contributed by atoms with Crippen molar-refractivity contribution in [2.45, 2.75) is 0 Å². The first-order valence-corrected chi connectivity index (χ1v) is 12.7. The molecule has 1 heteroatoms. The molecule has 7 aromatic rings. The third-order valence-electron chi connectivity index (χ3n) is 7.21. The van der Waals surface area contributed by atoms with E-state index in [9.17, 15) is 0 Å². The predicted molar refractivity (Wildman–Crippen MR) is 157 cm³/mol. The fourth-order valence-electron chi connectivity index (χ4n) is 5.36. The van der Waals surface area contributed by atoms with Gasteiger partial charge < -0.3 is 4.57 Å². The molecular weight excluding hydrogens is 446 g/mol. The summed E-state index contributed by atoms with van der Waals surface area (Å²) in [6.07, 6.45) is 0. The maximum absolute atomic E-state index is 2.39. The van der Waals surface area contributed by atoms with Gasteiger partial charge in [0.15, 0.2) is 0 Å². The van der Waals surface area contributed by atoms with Crippen molar-refractivity contribution in [2.24, 2.45) is 0 Å². The molecule has 0 aliphatic carbocycles. The monoisotopic (exact) mass is 471 g/mol. The van der Waals surface area contributed by atoms with Crippen LogP contribution < -0.4 is 0 Å². The second kappa shape index (κ2) is 8.96. The molecule has 0 saturated carbocycles. The van der Waals surface area contributed by atoms with Gasteiger partial charge in [-0.3, -0.25) is 0 Å². The molecule has 0 amide bonds. The molecule has 1 heterocycles. The lowest BCUT2D eigenvalue weighted by molar-refractivity contribution is 1.18. The average Bonchev–Trinajstić information content (AvgIpc) is 3.31. The van der Waals surface area contributed by atoms with Gasteiger partial charge >= 0.3 is 0 Å². The summed E-state index contributed by atoms with van der Waals surface area (Å²) in [6, 6.07) is 54.4. The molecule has 0 fully saturated rings. The normalized spacial score (nSPS) is 11.2. The molecule has 0 N–H and O–H groups in total. The third-order valence-corrected chi connectivity index (χ3v) is 7.21. The Morgan fingerprint density at radius 3 is 1.08 bits per heavy atom. The number of fused-ring (bicyclic) bond motifs is 3. The zero-order valence-corrected chi connectivity index (χ0v) is 20.4. The third kappa shape index (κ3) is 3.82. The van der Waals surface area contributed by atoms with Gasteiger partial charge in [-0.25, -0.2) is 0 Å². The Morgan fingerprint density at radius 2 is 0.649 bits per heavy atom. The quantitative estimate of drug-likeness (QED) is 0.241. The van der Waals surface area contributed by atoms with Gasteiger partial charge in [-0.15, -0.1) is 0 Å². The summed E-state index contributed by atoms with van der Waals surface area (Å²) >= 11 is 0. The number of aromatic nitrogens is 1. The van der Waals surface area contributed by atoms with Crippen molar-refractivity contribution in [2.75, 3.05) is 0 Å². The van der Waals surface area contributed by atoms with Crippen molar-refractivity contribution in [3.8, 4) is 39.1 Å². The molecule has 0 radical (unpaired) electrons. The van der Waals surface area contributed by atoms with Crippen LogP contribution in [0, 0.1) is 0 Å². The SMILES string of the molecule is c1ccc(-c2ccc(-n3c4ccc(-c5ccccc5)cc4c4cc(-c5ccccc5)ccc43)cc2)cc1. The summed E-state index contributed by atoms with van der Waals surface area (Å²) < 4.78 is 2.39. The zero-order valence-electron chi connectivity index (χ0n) is 20.4. The number of hydrogen-bond donors (Lipinski definition) is 0. The van der Waals surface area contributed by atoms with Crippen LogP contribution in [0.2, 0.25) is 0 Å². The maximum atomic E-state index is 2.39. The lowest BCUT2D eigenvalue weighted by atomic mass is 10.0. The van der Waals surface area contributed by atoms with Gasteiger partial charge in [-0.05, 0) is 69.8 Å². The highest BCUT2D eigenvalue weighted by atomic mass is 15.0. The average molecular weight is 472 g/mol. The van der Waals surface area contributed by atoms with Crippen LogP contribution in [0.25, 0.3) is 60.9 Å². The molecule has 0 aliphatic rings. The van der Waals surface area contributed by atoms with E-state index in [1.54, 1.807) is 0 Å². The lowest BCUT2D eigenvalue weighted by Gasteiger charge is -2.10. The van der Waals surface area contributed by atoms with Crippen LogP contribution in [0.1, 0.15) is 0 Å². The predicted octanol–water partition coefficient (Wildman–Crippen LogP) is 9.78. The highest BCUT2D eigenvalue weighted by Gasteiger charge is 2.15. The molecule has 0 spiro atoms. The van der Waals surface area contributed by atoms with Crippen molar-refractivity contribution in [1.82, 2.24) is 4.57 Å². The second-order valence-corrected chi connectivity index (χ2v) is 9.44. The van der Waals surface area contributed by atoms with E-state index in [2.05, 4.69) is 156 Å². The van der Waals surface area contributed by atoms with Gasteiger partial charge in [-0.2, -0.15) is 0 Å². The fraction of sp³-hybridized carbons (Fsp3) is 0. The first-order valence-electron chi connectivity index (χ1n) is 12.7. The van der Waals surface area contributed by atoms with Crippen LogP contribution in [0.5, 0.6) is 0 Å². The number of benzene rings is 6. The van der Waals surface area contributed by atoms with E-state index in [1.165, 1.54) is 60.9 Å². The van der Waals surface area contributed by atoms with Gasteiger partial charge in [0.25, 0.3) is 0 Å². The summed E-state index contributed by atoms with van der Waals surface area (Å²) in [5.41, 5.74) is 11.0. The Labute approximate surface area is 216 Å². The van der Waals surface area contributed by atoms with Crippen molar-refractivity contribution >= 4 is 21.8 Å². The van der Waals surface area contributed by atoms with E-state index >= 15 is 0 Å². The zero-order chi connectivity index (χ0) is 24.6. The molecule has 1 nitrogen and oxygen atoms in total. The van der Waals surface area contributed by atoms with Gasteiger partial charge in [0.05, 0.1) is 11.0 Å². The van der Waals surface area contributed by atoms with Crippen molar-refractivity contribution < 1.29 is 0 Å². The molecular formula is C36H25N.